The van der Waals surface area contributed by atoms with Gasteiger partial charge in [-0.15, -0.1) is 0 Å². The van der Waals surface area contributed by atoms with Crippen LogP contribution in [0, 0.1) is 17.0 Å². The Labute approximate surface area is 109 Å². The summed E-state index contributed by atoms with van der Waals surface area (Å²) >= 11 is 5.92. The summed E-state index contributed by atoms with van der Waals surface area (Å²) in [6.45, 7) is 3.27. The van der Waals surface area contributed by atoms with Crippen LogP contribution < -0.4 is 10.6 Å². The lowest BCUT2D eigenvalue weighted by molar-refractivity contribution is -0.384. The Morgan fingerprint density at radius 1 is 1.50 bits per heavy atom. The molecular weight excluding hydrogens is 258 g/mol. The maximum Gasteiger partial charge on any atom is 0.292 e. The lowest BCUT2D eigenvalue weighted by atomic mass is 10.1. The van der Waals surface area contributed by atoms with Crippen molar-refractivity contribution in [3.05, 3.63) is 32.8 Å². The molecule has 0 bridgehead atoms. The van der Waals surface area contributed by atoms with E-state index in [1.54, 1.807) is 13.8 Å². The minimum absolute atomic E-state index is 0.104. The van der Waals surface area contributed by atoms with Gasteiger partial charge in [-0.2, -0.15) is 0 Å². The fourth-order valence-electron chi connectivity index (χ4n) is 1.50. The number of carbonyl (C=O) groups is 1. The zero-order valence-electron chi connectivity index (χ0n) is 10.3. The molecule has 18 heavy (non-hydrogen) atoms. The highest BCUT2D eigenvalue weighted by molar-refractivity contribution is 6.31. The first-order valence-electron chi connectivity index (χ1n) is 5.30. The Kier molecular flexibility index (Phi) is 4.49. The van der Waals surface area contributed by atoms with Gasteiger partial charge in [0, 0.05) is 18.1 Å². The maximum absolute atomic E-state index is 11.4. The Morgan fingerprint density at radius 3 is 2.61 bits per heavy atom. The number of benzene rings is 1. The molecule has 1 aromatic carbocycles. The highest BCUT2D eigenvalue weighted by Crippen LogP contribution is 2.33. The third kappa shape index (κ3) is 2.89. The minimum atomic E-state index is -0.592. The molecule has 6 nitrogen and oxygen atoms in total. The van der Waals surface area contributed by atoms with E-state index in [1.165, 1.54) is 19.2 Å². The first kappa shape index (κ1) is 14.2. The SMILES string of the molecule is CNC(=O)C(C)Nc1c([N+](=O)[O-])ccc(Cl)c1C. The van der Waals surface area contributed by atoms with Gasteiger partial charge in [0.25, 0.3) is 5.69 Å². The summed E-state index contributed by atoms with van der Waals surface area (Å²) in [6, 6.07) is 2.18. The standard InChI is InChI=1S/C11H14ClN3O3/c1-6-8(12)4-5-9(15(17)18)10(6)14-7(2)11(16)13-3/h4-5,7,14H,1-3H3,(H,13,16). The summed E-state index contributed by atoms with van der Waals surface area (Å²) in [5.41, 5.74) is 0.706. The fraction of sp³-hybridized carbons (Fsp3) is 0.364. The Balaban J connectivity index is 3.17. The Hall–Kier alpha value is -1.82. The molecule has 1 atom stereocenters. The highest BCUT2D eigenvalue weighted by atomic mass is 35.5. The van der Waals surface area contributed by atoms with E-state index in [-0.39, 0.29) is 17.3 Å². The molecule has 1 aromatic rings. The van der Waals surface area contributed by atoms with Gasteiger partial charge in [-0.1, -0.05) is 11.6 Å². The van der Waals surface area contributed by atoms with E-state index < -0.39 is 11.0 Å². The number of nitro benzene ring substituents is 1. The van der Waals surface area contributed by atoms with E-state index in [9.17, 15) is 14.9 Å². The summed E-state index contributed by atoms with van der Waals surface area (Å²) in [7, 11) is 1.50. The first-order chi connectivity index (χ1) is 8.38. The molecule has 98 valence electrons. The summed E-state index contributed by atoms with van der Waals surface area (Å²) in [5.74, 6) is -0.260. The summed E-state index contributed by atoms with van der Waals surface area (Å²) in [5, 5.41) is 16.6. The molecule has 0 fully saturated rings. The number of rotatable bonds is 4. The van der Waals surface area contributed by atoms with Crippen LogP contribution in [-0.2, 0) is 4.79 Å². The number of nitrogens with one attached hydrogen (secondary N) is 2. The zero-order valence-corrected chi connectivity index (χ0v) is 11.0. The highest BCUT2D eigenvalue weighted by Gasteiger charge is 2.21. The van der Waals surface area contributed by atoms with Gasteiger partial charge < -0.3 is 10.6 Å². The fourth-order valence-corrected chi connectivity index (χ4v) is 1.66. The average Bonchev–Trinajstić information content (AvgIpc) is 2.33. The first-order valence-corrected chi connectivity index (χ1v) is 5.68. The number of anilines is 1. The number of carbonyl (C=O) groups excluding carboxylic acids is 1. The number of halogens is 1. The monoisotopic (exact) mass is 271 g/mol. The lowest BCUT2D eigenvalue weighted by Crippen LogP contribution is -2.35. The van der Waals surface area contributed by atoms with Gasteiger partial charge in [0.15, 0.2) is 0 Å². The molecule has 1 amide bonds. The second kappa shape index (κ2) is 5.68. The Morgan fingerprint density at radius 2 is 2.11 bits per heavy atom. The molecule has 0 aliphatic rings. The topological polar surface area (TPSA) is 84.3 Å². The van der Waals surface area contributed by atoms with Crippen molar-refractivity contribution in [1.29, 1.82) is 0 Å². The number of amides is 1. The predicted molar refractivity (Wildman–Crippen MR) is 70.0 cm³/mol. The van der Waals surface area contributed by atoms with E-state index in [2.05, 4.69) is 10.6 Å². The van der Waals surface area contributed by atoms with E-state index in [0.29, 0.717) is 10.6 Å². The molecule has 0 aliphatic carbocycles. The van der Waals surface area contributed by atoms with Crippen LogP contribution in [0.5, 0.6) is 0 Å². The molecule has 0 aromatic heterocycles. The number of nitro groups is 1. The largest absolute Gasteiger partial charge is 0.368 e. The van der Waals surface area contributed by atoms with Gasteiger partial charge >= 0.3 is 0 Å². The molecule has 0 radical (unpaired) electrons. The van der Waals surface area contributed by atoms with Crippen molar-refractivity contribution < 1.29 is 9.72 Å². The number of hydrogen-bond donors (Lipinski definition) is 2. The van der Waals surface area contributed by atoms with E-state index >= 15 is 0 Å². The number of nitrogens with zero attached hydrogens (tertiary/aromatic N) is 1. The second-order valence-electron chi connectivity index (χ2n) is 3.80. The van der Waals surface area contributed by atoms with E-state index in [4.69, 9.17) is 11.6 Å². The number of likely N-dealkylation sites (N-methyl/N-ethyl adjacent to an activating group) is 1. The van der Waals surface area contributed by atoms with Gasteiger partial charge in [0.1, 0.15) is 11.7 Å². The summed E-state index contributed by atoms with van der Waals surface area (Å²) in [4.78, 5) is 21.8. The molecule has 7 heteroatoms. The average molecular weight is 272 g/mol. The van der Waals surface area contributed by atoms with E-state index in [1.807, 2.05) is 0 Å². The van der Waals surface area contributed by atoms with Crippen molar-refractivity contribution in [3.63, 3.8) is 0 Å². The van der Waals surface area contributed by atoms with Crippen LogP contribution >= 0.6 is 11.6 Å². The van der Waals surface area contributed by atoms with Gasteiger partial charge in [0.2, 0.25) is 5.91 Å². The van der Waals surface area contributed by atoms with Crippen LogP contribution in [0.2, 0.25) is 5.02 Å². The molecule has 0 heterocycles. The molecule has 1 unspecified atom stereocenters. The van der Waals surface area contributed by atoms with Crippen molar-refractivity contribution in [2.75, 3.05) is 12.4 Å². The van der Waals surface area contributed by atoms with Crippen molar-refractivity contribution in [1.82, 2.24) is 5.32 Å². The predicted octanol–water partition coefficient (Wildman–Crippen LogP) is 2.10. The molecule has 2 N–H and O–H groups in total. The quantitative estimate of drug-likeness (QED) is 0.649. The molecule has 0 spiro atoms. The van der Waals surface area contributed by atoms with Crippen molar-refractivity contribution in [3.8, 4) is 0 Å². The van der Waals surface area contributed by atoms with Crippen LogP contribution in [-0.4, -0.2) is 23.9 Å². The van der Waals surface area contributed by atoms with Crippen LogP contribution in [0.1, 0.15) is 12.5 Å². The van der Waals surface area contributed by atoms with E-state index in [0.717, 1.165) is 0 Å². The van der Waals surface area contributed by atoms with Gasteiger partial charge in [-0.3, -0.25) is 14.9 Å². The second-order valence-corrected chi connectivity index (χ2v) is 4.21. The summed E-state index contributed by atoms with van der Waals surface area (Å²) < 4.78 is 0. The zero-order chi connectivity index (χ0) is 13.9. The van der Waals surface area contributed by atoms with Crippen molar-refractivity contribution in [2.24, 2.45) is 0 Å². The van der Waals surface area contributed by atoms with Crippen LogP contribution in [0.4, 0.5) is 11.4 Å². The van der Waals surface area contributed by atoms with Crippen LogP contribution in [0.15, 0.2) is 12.1 Å². The molecule has 0 saturated heterocycles. The van der Waals surface area contributed by atoms with Crippen molar-refractivity contribution >= 4 is 28.9 Å². The van der Waals surface area contributed by atoms with Crippen molar-refractivity contribution in [2.45, 2.75) is 19.9 Å². The maximum atomic E-state index is 11.4. The minimum Gasteiger partial charge on any atom is -0.368 e. The smallest absolute Gasteiger partial charge is 0.292 e. The molecular formula is C11H14ClN3O3. The van der Waals surface area contributed by atoms with Crippen LogP contribution in [0.25, 0.3) is 0 Å². The Bertz CT molecular complexity index is 491. The van der Waals surface area contributed by atoms with Gasteiger partial charge in [0.05, 0.1) is 4.92 Å². The van der Waals surface area contributed by atoms with Crippen LogP contribution in [0.3, 0.4) is 0 Å². The third-order valence-electron chi connectivity index (χ3n) is 2.57. The molecule has 1 rings (SSSR count). The third-order valence-corrected chi connectivity index (χ3v) is 2.98. The number of hydrogen-bond acceptors (Lipinski definition) is 4. The van der Waals surface area contributed by atoms with Gasteiger partial charge in [-0.25, -0.2) is 0 Å². The van der Waals surface area contributed by atoms with Gasteiger partial charge in [-0.05, 0) is 25.5 Å². The lowest BCUT2D eigenvalue weighted by Gasteiger charge is -2.16. The normalized spacial score (nSPS) is 11.8. The molecule has 0 saturated carbocycles. The molecule has 0 aliphatic heterocycles. The summed E-state index contributed by atoms with van der Waals surface area (Å²) in [6.07, 6.45) is 0.